The molecule has 0 bridgehead atoms. The zero-order valence-electron chi connectivity index (χ0n) is 13.5. The summed E-state index contributed by atoms with van der Waals surface area (Å²) in [4.78, 5) is 34.6. The van der Waals surface area contributed by atoms with Crippen LogP contribution in [0.1, 0.15) is 43.4 Å². The van der Waals surface area contributed by atoms with Crippen LogP contribution in [-0.2, 0) is 20.6 Å². The Kier molecular flexibility index (Phi) is 7.10. The maximum atomic E-state index is 12.5. The van der Waals surface area contributed by atoms with Gasteiger partial charge >= 0.3 is 6.18 Å². The highest BCUT2D eigenvalue weighted by atomic mass is 19.4. The highest BCUT2D eigenvalue weighted by molar-refractivity contribution is 5.89. The molecule has 25 heavy (non-hydrogen) atoms. The van der Waals surface area contributed by atoms with E-state index in [1.165, 1.54) is 0 Å². The molecule has 9 heteroatoms. The summed E-state index contributed by atoms with van der Waals surface area (Å²) in [7, 11) is 0. The summed E-state index contributed by atoms with van der Waals surface area (Å²) in [6, 6.07) is 2.24. The molecule has 0 heterocycles. The number of nitrogens with two attached hydrogens (primary N) is 1. The number of primary amides is 1. The number of Topliss-reactive ketones (excluding diaryl/α,β-unsaturated/α-hetero) is 1. The molecule has 1 aromatic carbocycles. The second-order valence-corrected chi connectivity index (χ2v) is 5.42. The Morgan fingerprint density at radius 2 is 1.76 bits per heavy atom. The topological polar surface area (TPSA) is 109 Å². The number of alkyl halides is 3. The number of ketones is 1. The van der Waals surface area contributed by atoms with Gasteiger partial charge < -0.3 is 16.2 Å². The van der Waals surface area contributed by atoms with E-state index in [-0.39, 0.29) is 30.6 Å². The lowest BCUT2D eigenvalue weighted by molar-refractivity contribution is -0.137. The van der Waals surface area contributed by atoms with Crippen molar-refractivity contribution in [3.63, 3.8) is 0 Å². The van der Waals surface area contributed by atoms with Crippen molar-refractivity contribution in [1.82, 2.24) is 5.32 Å². The Balaban J connectivity index is 2.76. The lowest BCUT2D eigenvalue weighted by Crippen LogP contribution is -2.46. The van der Waals surface area contributed by atoms with E-state index in [4.69, 9.17) is 5.73 Å². The minimum Gasteiger partial charge on any atom is -0.378 e. The molecule has 4 N–H and O–H groups in total. The molecule has 0 radical (unpaired) electrons. The van der Waals surface area contributed by atoms with Crippen molar-refractivity contribution < 1.29 is 32.7 Å². The quantitative estimate of drug-likeness (QED) is 0.652. The second-order valence-electron chi connectivity index (χ2n) is 5.42. The molecule has 2 atom stereocenters. The van der Waals surface area contributed by atoms with Crippen LogP contribution in [0, 0.1) is 0 Å². The van der Waals surface area contributed by atoms with Gasteiger partial charge in [0.2, 0.25) is 5.91 Å². The third-order valence-corrected chi connectivity index (χ3v) is 3.57. The number of carbonyl (C=O) groups is 3. The molecule has 0 spiro atoms. The molecule has 1 rings (SSSR count). The van der Waals surface area contributed by atoms with Crippen molar-refractivity contribution in [1.29, 1.82) is 0 Å². The van der Waals surface area contributed by atoms with Gasteiger partial charge in [-0.2, -0.15) is 13.2 Å². The van der Waals surface area contributed by atoms with E-state index in [0.717, 1.165) is 24.3 Å². The summed E-state index contributed by atoms with van der Waals surface area (Å²) in [6.45, 7) is 1.65. The molecule has 138 valence electrons. The molecular weight excluding hydrogens is 341 g/mol. The zero-order valence-corrected chi connectivity index (χ0v) is 13.5. The smallest absolute Gasteiger partial charge is 0.378 e. The number of benzene rings is 1. The van der Waals surface area contributed by atoms with Gasteiger partial charge in [0.15, 0.2) is 6.10 Å². The molecule has 0 saturated carbocycles. The largest absolute Gasteiger partial charge is 0.416 e. The van der Waals surface area contributed by atoms with E-state index >= 15 is 0 Å². The summed E-state index contributed by atoms with van der Waals surface area (Å²) in [5.74, 6) is -1.99. The van der Waals surface area contributed by atoms with E-state index in [2.05, 4.69) is 5.32 Å². The monoisotopic (exact) mass is 360 g/mol. The number of amides is 2. The average molecular weight is 360 g/mol. The molecule has 0 unspecified atom stereocenters. The molecule has 2 amide bonds. The van der Waals surface area contributed by atoms with Gasteiger partial charge in [0.25, 0.3) is 5.91 Å². The van der Waals surface area contributed by atoms with Crippen LogP contribution in [0.25, 0.3) is 0 Å². The first-order chi connectivity index (χ1) is 11.6. The van der Waals surface area contributed by atoms with Crippen LogP contribution in [0.15, 0.2) is 24.3 Å². The van der Waals surface area contributed by atoms with E-state index < -0.39 is 35.7 Å². The fourth-order valence-corrected chi connectivity index (χ4v) is 2.02. The van der Waals surface area contributed by atoms with Gasteiger partial charge in [0.1, 0.15) is 11.8 Å². The van der Waals surface area contributed by atoms with Crippen LogP contribution in [0.4, 0.5) is 13.2 Å². The number of aliphatic hydroxyl groups is 1. The van der Waals surface area contributed by atoms with Crippen LogP contribution in [0.2, 0.25) is 0 Å². The van der Waals surface area contributed by atoms with E-state index in [1.807, 2.05) is 0 Å². The Morgan fingerprint density at radius 3 is 2.20 bits per heavy atom. The van der Waals surface area contributed by atoms with Crippen LogP contribution in [0.5, 0.6) is 0 Å². The highest BCUT2D eigenvalue weighted by Gasteiger charge is 2.31. The molecule has 0 aromatic heterocycles. The maximum absolute atomic E-state index is 12.5. The number of hydrogen-bond donors (Lipinski definition) is 3. The molecule has 6 nitrogen and oxygen atoms in total. The van der Waals surface area contributed by atoms with Gasteiger partial charge in [0, 0.05) is 12.8 Å². The number of aliphatic hydroxyl groups excluding tert-OH is 1. The minimum absolute atomic E-state index is 0.0204. The summed E-state index contributed by atoms with van der Waals surface area (Å²) in [5.41, 5.74) is 4.16. The fourth-order valence-electron chi connectivity index (χ4n) is 2.02. The highest BCUT2D eigenvalue weighted by Crippen LogP contribution is 2.29. The molecule has 0 aliphatic rings. The Morgan fingerprint density at radius 1 is 1.20 bits per heavy atom. The molecule has 0 fully saturated rings. The van der Waals surface area contributed by atoms with Crippen molar-refractivity contribution in [2.75, 3.05) is 0 Å². The van der Waals surface area contributed by atoms with Gasteiger partial charge in [-0.25, -0.2) is 0 Å². The lowest BCUT2D eigenvalue weighted by Gasteiger charge is -2.18. The fraction of sp³-hybridized carbons (Fsp3) is 0.438. The predicted molar refractivity (Wildman–Crippen MR) is 82.1 cm³/mol. The van der Waals surface area contributed by atoms with E-state index in [1.54, 1.807) is 6.92 Å². The number of carbonyl (C=O) groups excluding carboxylic acids is 3. The normalized spacial score (nSPS) is 13.8. The van der Waals surface area contributed by atoms with Crippen molar-refractivity contribution in [2.24, 2.45) is 5.73 Å². The molecule has 1 aromatic rings. The second kappa shape index (κ2) is 8.61. The van der Waals surface area contributed by atoms with E-state index in [9.17, 15) is 32.7 Å². The van der Waals surface area contributed by atoms with E-state index in [0.29, 0.717) is 0 Å². The predicted octanol–water partition coefficient (Wildman–Crippen LogP) is 1.47. The van der Waals surface area contributed by atoms with Crippen molar-refractivity contribution in [3.05, 3.63) is 35.4 Å². The first-order valence-electron chi connectivity index (χ1n) is 7.52. The van der Waals surface area contributed by atoms with Gasteiger partial charge in [0.05, 0.1) is 5.56 Å². The van der Waals surface area contributed by atoms with Crippen molar-refractivity contribution in [2.45, 2.75) is 44.5 Å². The lowest BCUT2D eigenvalue weighted by atomic mass is 10.0. The minimum atomic E-state index is -4.53. The number of halogens is 3. The first-order valence-corrected chi connectivity index (χ1v) is 7.52. The summed E-state index contributed by atoms with van der Waals surface area (Å²) in [5, 5.41) is 12.1. The first kappa shape index (κ1) is 20.6. The maximum Gasteiger partial charge on any atom is 0.416 e. The SMILES string of the molecule is CCC(=O)CC[C@@H](NC(=O)[C@H](O)c1ccc(C(F)(F)F)cc1)C(N)=O. The summed E-state index contributed by atoms with van der Waals surface area (Å²) in [6.07, 6.45) is -6.03. The van der Waals surface area contributed by atoms with Gasteiger partial charge in [-0.15, -0.1) is 0 Å². The number of nitrogens with one attached hydrogen (secondary N) is 1. The molecule has 0 aliphatic heterocycles. The summed E-state index contributed by atoms with van der Waals surface area (Å²) >= 11 is 0. The third-order valence-electron chi connectivity index (χ3n) is 3.57. The summed E-state index contributed by atoms with van der Waals surface area (Å²) < 4.78 is 37.5. The molecular formula is C16H19F3N2O4. The van der Waals surface area contributed by atoms with Gasteiger partial charge in [-0.1, -0.05) is 19.1 Å². The zero-order chi connectivity index (χ0) is 19.2. The van der Waals surface area contributed by atoms with Crippen LogP contribution in [-0.4, -0.2) is 28.7 Å². The van der Waals surface area contributed by atoms with Crippen LogP contribution in [0.3, 0.4) is 0 Å². The van der Waals surface area contributed by atoms with Crippen molar-refractivity contribution >= 4 is 17.6 Å². The number of hydrogen-bond acceptors (Lipinski definition) is 4. The Labute approximate surface area is 142 Å². The molecule has 0 saturated heterocycles. The van der Waals surface area contributed by atoms with Crippen LogP contribution >= 0.6 is 0 Å². The third kappa shape index (κ3) is 6.18. The Hall–Kier alpha value is -2.42. The standard InChI is InChI=1S/C16H19F3N2O4/c1-2-11(22)7-8-12(14(20)24)21-15(25)13(23)9-3-5-10(6-4-9)16(17,18)19/h3-6,12-13,23H,2,7-8H2,1H3,(H2,20,24)(H,21,25)/t12-,13-/m1/s1. The van der Waals surface area contributed by atoms with Crippen molar-refractivity contribution in [3.8, 4) is 0 Å². The van der Waals surface area contributed by atoms with Gasteiger partial charge in [-0.05, 0) is 24.1 Å². The average Bonchev–Trinajstić information content (AvgIpc) is 2.56. The van der Waals surface area contributed by atoms with Gasteiger partial charge in [-0.3, -0.25) is 14.4 Å². The van der Waals surface area contributed by atoms with Crippen LogP contribution < -0.4 is 11.1 Å². The Bertz CT molecular complexity index is 629. The molecule has 0 aliphatic carbocycles. The number of rotatable bonds is 8.